The minimum Gasteiger partial charge on any atom is -0.462 e. The highest BCUT2D eigenvalue weighted by atomic mass is 31.3. The topological polar surface area (TPSA) is 286 Å². The van der Waals surface area contributed by atoms with Gasteiger partial charge in [0.15, 0.2) is 12.3 Å². The average Bonchev–Trinajstić information content (AvgIpc) is 3.65. The number of hydrogen-bond acceptors (Lipinski definition) is 16. The van der Waals surface area contributed by atoms with Crippen molar-refractivity contribution in [1.29, 1.82) is 0 Å². The Morgan fingerprint density at radius 1 is 0.693 bits per heavy atom. The Balaban J connectivity index is 1.86. The zero-order valence-corrected chi connectivity index (χ0v) is 45.2. The summed E-state index contributed by atoms with van der Waals surface area (Å²) in [7, 11) is -10.9. The van der Waals surface area contributed by atoms with E-state index in [2.05, 4.69) is 89.1 Å². The van der Waals surface area contributed by atoms with Gasteiger partial charge in [-0.2, -0.15) is 9.29 Å². The van der Waals surface area contributed by atoms with Gasteiger partial charge in [-0.25, -0.2) is 13.9 Å². The molecule has 1 saturated heterocycles. The lowest BCUT2D eigenvalue weighted by Gasteiger charge is -2.21. The van der Waals surface area contributed by atoms with E-state index in [9.17, 15) is 48.6 Å². The van der Waals surface area contributed by atoms with E-state index in [1.165, 1.54) is 6.07 Å². The molecule has 0 spiro atoms. The molecule has 7 N–H and O–H groups in total. The molecule has 19 nitrogen and oxygen atoms in total. The number of ether oxygens (including phenoxy) is 3. The summed E-state index contributed by atoms with van der Waals surface area (Å²) in [5.41, 5.74) is 4.57. The van der Waals surface area contributed by atoms with Crippen molar-refractivity contribution in [2.24, 2.45) is 0 Å². The molecule has 2 heterocycles. The van der Waals surface area contributed by atoms with Gasteiger partial charge in [-0.1, -0.05) is 135 Å². The minimum atomic E-state index is -5.47. The number of allylic oxidation sites excluding steroid dienone is 20. The summed E-state index contributed by atoms with van der Waals surface area (Å²) in [6, 6.07) is 1.24. The SMILES string of the molecule is CC/C=C\C/C=C\C/C=C\C/C=C\C/C=C\C/C=C\CCC(=O)OC[C@H](COP(=O)(O)OP(=O)(O)OC[C@H]1O[C@@H](n2ccc(N)nc2=O)[C@H](O)[C@@H]1O)OC(=O)CCC/C=C\C/C=C\C/C=C\C/C=C\CC[C@H](O)CC. The van der Waals surface area contributed by atoms with Gasteiger partial charge < -0.3 is 45.1 Å². The third kappa shape index (κ3) is 33.0. The fourth-order valence-corrected chi connectivity index (χ4v) is 8.71. The fraction of sp³-hybridized carbons (Fsp3) is 0.519. The van der Waals surface area contributed by atoms with Gasteiger partial charge in [0.05, 0.1) is 19.3 Å². The number of unbranched alkanes of at least 4 members (excludes halogenated alkanes) is 1. The molecule has 1 aliphatic rings. The minimum absolute atomic E-state index is 0.0246. The van der Waals surface area contributed by atoms with Crippen molar-refractivity contribution in [2.45, 2.75) is 160 Å². The van der Waals surface area contributed by atoms with Crippen molar-refractivity contribution in [1.82, 2.24) is 9.55 Å². The van der Waals surface area contributed by atoms with Crippen LogP contribution < -0.4 is 11.4 Å². The van der Waals surface area contributed by atoms with Crippen LogP contribution in [0.25, 0.3) is 0 Å². The van der Waals surface area contributed by atoms with E-state index in [4.69, 9.17) is 29.0 Å². The van der Waals surface area contributed by atoms with Crippen molar-refractivity contribution in [3.63, 3.8) is 0 Å². The molecule has 0 amide bonds. The lowest BCUT2D eigenvalue weighted by atomic mass is 10.1. The highest BCUT2D eigenvalue weighted by Gasteiger charge is 2.46. The number of aliphatic hydroxyl groups excluding tert-OH is 3. The van der Waals surface area contributed by atoms with E-state index in [1.807, 2.05) is 55.5 Å². The van der Waals surface area contributed by atoms with Gasteiger partial charge in [0.2, 0.25) is 0 Å². The Kier molecular flexibility index (Phi) is 35.7. The molecule has 2 rings (SSSR count). The van der Waals surface area contributed by atoms with Crippen LogP contribution in [0.2, 0.25) is 0 Å². The molecule has 0 aliphatic carbocycles. The molecule has 1 aromatic heterocycles. The number of phosphoric acid groups is 2. The number of esters is 2. The summed E-state index contributed by atoms with van der Waals surface area (Å²) in [5, 5.41) is 30.5. The zero-order chi connectivity index (χ0) is 55.0. The Hall–Kier alpha value is -4.88. The van der Waals surface area contributed by atoms with Gasteiger partial charge in [-0.15, -0.1) is 0 Å². The lowest BCUT2D eigenvalue weighted by Crippen LogP contribution is -2.36. The number of anilines is 1. The average molecular weight is 1090 g/mol. The molecule has 0 radical (unpaired) electrons. The molecule has 1 fully saturated rings. The summed E-state index contributed by atoms with van der Waals surface area (Å²) in [5.74, 6) is -1.50. The van der Waals surface area contributed by atoms with Crippen LogP contribution in [-0.4, -0.2) is 96.9 Å². The number of hydrogen-bond donors (Lipinski definition) is 6. The van der Waals surface area contributed by atoms with Gasteiger partial charge in [0, 0.05) is 19.0 Å². The van der Waals surface area contributed by atoms with Crippen LogP contribution in [0.15, 0.2) is 139 Å². The monoisotopic (exact) mass is 1090 g/mol. The number of aliphatic hydroxyl groups is 3. The number of nitrogens with two attached hydrogens (primary N) is 1. The normalized spacial score (nSPS) is 20.2. The van der Waals surface area contributed by atoms with Crippen LogP contribution >= 0.6 is 15.6 Å². The first-order chi connectivity index (χ1) is 36.1. The van der Waals surface area contributed by atoms with Crippen molar-refractivity contribution in [3.05, 3.63) is 144 Å². The predicted octanol–water partition coefficient (Wildman–Crippen LogP) is 9.74. The van der Waals surface area contributed by atoms with E-state index >= 15 is 0 Å². The molecule has 1 aliphatic heterocycles. The maximum Gasteiger partial charge on any atom is 0.481 e. The molecule has 1 aromatic rings. The first-order valence-electron chi connectivity index (χ1n) is 25.6. The number of phosphoric ester groups is 2. The van der Waals surface area contributed by atoms with E-state index < -0.39 is 83.7 Å². The van der Waals surface area contributed by atoms with Gasteiger partial charge in [0.1, 0.15) is 30.7 Å². The second-order valence-electron chi connectivity index (χ2n) is 17.1. The highest BCUT2D eigenvalue weighted by Crippen LogP contribution is 2.60. The van der Waals surface area contributed by atoms with E-state index in [-0.39, 0.29) is 24.8 Å². The Labute approximate surface area is 442 Å². The van der Waals surface area contributed by atoms with Crippen LogP contribution in [0.4, 0.5) is 5.82 Å². The van der Waals surface area contributed by atoms with E-state index in [0.717, 1.165) is 75.0 Å². The number of carbonyl (C=O) groups is 2. The van der Waals surface area contributed by atoms with Crippen LogP contribution in [-0.2, 0) is 46.3 Å². The first kappa shape index (κ1) is 66.2. The third-order valence-corrected chi connectivity index (χ3v) is 13.3. The smallest absolute Gasteiger partial charge is 0.462 e. The fourth-order valence-electron chi connectivity index (χ4n) is 6.60. The maximum absolute atomic E-state index is 12.9. The molecule has 0 bridgehead atoms. The number of aromatic nitrogens is 2. The van der Waals surface area contributed by atoms with Crippen molar-refractivity contribution < 1.29 is 71.4 Å². The van der Waals surface area contributed by atoms with Crippen molar-refractivity contribution in [2.75, 3.05) is 25.6 Å². The van der Waals surface area contributed by atoms with Gasteiger partial charge in [-0.05, 0) is 102 Å². The van der Waals surface area contributed by atoms with Crippen molar-refractivity contribution >= 4 is 33.4 Å². The number of nitrogen functional groups attached to an aromatic ring is 1. The summed E-state index contributed by atoms with van der Waals surface area (Å²) in [6.07, 6.45) is 45.3. The quantitative estimate of drug-likeness (QED) is 0.0154. The van der Waals surface area contributed by atoms with E-state index in [0.29, 0.717) is 32.1 Å². The molecular formula is C54H81N3O16P2. The molecule has 2 unspecified atom stereocenters. The van der Waals surface area contributed by atoms with Crippen molar-refractivity contribution in [3.8, 4) is 0 Å². The lowest BCUT2D eigenvalue weighted by molar-refractivity contribution is -0.161. The highest BCUT2D eigenvalue weighted by molar-refractivity contribution is 7.61. The molecule has 0 aromatic carbocycles. The molecule has 21 heteroatoms. The van der Waals surface area contributed by atoms with Crippen LogP contribution in [0.1, 0.15) is 129 Å². The Morgan fingerprint density at radius 3 is 1.71 bits per heavy atom. The molecular weight excluding hydrogens is 1010 g/mol. The maximum atomic E-state index is 12.9. The Bertz CT molecular complexity index is 2250. The summed E-state index contributed by atoms with van der Waals surface area (Å²) in [4.78, 5) is 61.9. The number of carbonyl (C=O) groups excluding carboxylic acids is 2. The van der Waals surface area contributed by atoms with E-state index in [1.54, 1.807) is 0 Å². The van der Waals surface area contributed by atoms with Crippen LogP contribution in [0.5, 0.6) is 0 Å². The predicted molar refractivity (Wildman–Crippen MR) is 290 cm³/mol. The second kappa shape index (κ2) is 40.4. The largest absolute Gasteiger partial charge is 0.481 e. The second-order valence-corrected chi connectivity index (χ2v) is 20.1. The molecule has 418 valence electrons. The van der Waals surface area contributed by atoms with Crippen LogP contribution in [0.3, 0.4) is 0 Å². The van der Waals surface area contributed by atoms with Gasteiger partial charge in [0.25, 0.3) is 0 Å². The molecule has 8 atom stereocenters. The standard InChI is InChI=1S/C54H81N3O16P2/c1-3-5-6-7-8-9-10-11-12-13-14-15-16-20-23-26-29-32-35-38-49(59)68-42-46(71-50(60)39-36-33-30-27-24-21-18-17-19-22-25-28-31-34-37-45(58)4-2)43-69-74(64,65)73-75(66,67)70-44-47-51(61)52(62)53(72-47)57-41-40-48(55)56-54(57)63/h5-6,8-9,11-12,14-15,18-23,27-32,40-41,45-47,51-53,58,61-62H,3-4,7,10,13,16-17,24-26,33-39,42-44H2,1-2H3,(H,64,65)(H,66,67)(H2,55,56,63)/b6-5-,9-8-,12-11-,15-14-,21-18-,22-19-,23-20-,30-27-,31-28-,32-29-/t45-,46-,47-,51-,52-,53-/m1/s1. The molecule has 0 saturated carbocycles. The number of nitrogens with zero attached hydrogens (tertiary/aromatic N) is 2. The summed E-state index contributed by atoms with van der Waals surface area (Å²) < 4.78 is 56.6. The Morgan fingerprint density at radius 2 is 1.19 bits per heavy atom. The summed E-state index contributed by atoms with van der Waals surface area (Å²) in [6.45, 7) is 1.61. The summed E-state index contributed by atoms with van der Waals surface area (Å²) >= 11 is 0. The van der Waals surface area contributed by atoms with Crippen LogP contribution in [0, 0.1) is 0 Å². The van der Waals surface area contributed by atoms with Gasteiger partial charge in [-0.3, -0.25) is 23.2 Å². The first-order valence-corrected chi connectivity index (χ1v) is 28.6. The number of rotatable bonds is 40. The third-order valence-electron chi connectivity index (χ3n) is 10.7. The molecule has 75 heavy (non-hydrogen) atoms. The zero-order valence-electron chi connectivity index (χ0n) is 43.4. The van der Waals surface area contributed by atoms with Gasteiger partial charge >= 0.3 is 33.3 Å².